The molecule has 0 aliphatic heterocycles. The van der Waals surface area contributed by atoms with E-state index in [2.05, 4.69) is 6.92 Å². The highest BCUT2D eigenvalue weighted by Crippen LogP contribution is 2.40. The molecular weight excluding hydrogens is 331 g/mol. The lowest BCUT2D eigenvalue weighted by molar-refractivity contribution is 0.224. The fourth-order valence-electron chi connectivity index (χ4n) is 5.24. The Bertz CT molecular complexity index is 525. The second kappa shape index (κ2) is 9.40. The molecule has 1 aromatic rings. The van der Waals surface area contributed by atoms with E-state index in [9.17, 15) is 4.39 Å². The van der Waals surface area contributed by atoms with Crippen LogP contribution in [-0.4, -0.2) is 0 Å². The molecule has 2 aliphatic rings. The van der Waals surface area contributed by atoms with Crippen molar-refractivity contribution in [2.45, 2.75) is 89.9 Å². The molecule has 2 saturated carbocycles. The lowest BCUT2D eigenvalue weighted by Gasteiger charge is -2.32. The van der Waals surface area contributed by atoms with Crippen molar-refractivity contribution in [2.75, 3.05) is 0 Å². The van der Waals surface area contributed by atoms with Crippen LogP contribution >= 0.6 is 11.6 Å². The molecule has 0 bridgehead atoms. The third-order valence-corrected chi connectivity index (χ3v) is 7.21. The standard InChI is InChI=1S/C23H34ClF/c1-2-3-17-4-6-18(7-5-17)8-9-19-10-12-20(13-11-19)21-14-15-22(24)23(25)16-21/h14-20H,2-13H2,1H3/t17-,18-,19-,20-. The largest absolute Gasteiger partial charge is 0.205 e. The van der Waals surface area contributed by atoms with E-state index in [1.54, 1.807) is 12.1 Å². The van der Waals surface area contributed by atoms with Crippen molar-refractivity contribution in [1.82, 2.24) is 0 Å². The molecule has 0 amide bonds. The van der Waals surface area contributed by atoms with Gasteiger partial charge in [-0.05, 0) is 67.1 Å². The number of halogens is 2. The molecule has 2 fully saturated rings. The lowest BCUT2D eigenvalue weighted by Crippen LogP contribution is -2.17. The van der Waals surface area contributed by atoms with Crippen LogP contribution in [0.5, 0.6) is 0 Å². The fourth-order valence-corrected chi connectivity index (χ4v) is 5.36. The van der Waals surface area contributed by atoms with Gasteiger partial charge in [0.15, 0.2) is 0 Å². The Morgan fingerprint density at radius 1 is 0.840 bits per heavy atom. The molecule has 0 nitrogen and oxygen atoms in total. The summed E-state index contributed by atoms with van der Waals surface area (Å²) in [5, 5.41) is 0.242. The van der Waals surface area contributed by atoms with Crippen LogP contribution in [0.25, 0.3) is 0 Å². The number of hydrogen-bond donors (Lipinski definition) is 0. The third-order valence-electron chi connectivity index (χ3n) is 6.91. The highest BCUT2D eigenvalue weighted by molar-refractivity contribution is 6.30. The van der Waals surface area contributed by atoms with E-state index in [1.165, 1.54) is 77.0 Å². The van der Waals surface area contributed by atoms with Crippen molar-refractivity contribution in [3.8, 4) is 0 Å². The molecule has 2 heteroatoms. The summed E-state index contributed by atoms with van der Waals surface area (Å²) in [5.41, 5.74) is 1.15. The highest BCUT2D eigenvalue weighted by atomic mass is 35.5. The second-order valence-corrected chi connectivity index (χ2v) is 9.05. The van der Waals surface area contributed by atoms with Gasteiger partial charge in [0.1, 0.15) is 5.82 Å². The maximum Gasteiger partial charge on any atom is 0.142 e. The zero-order chi connectivity index (χ0) is 17.6. The first-order valence-electron chi connectivity index (χ1n) is 10.6. The van der Waals surface area contributed by atoms with E-state index in [0.717, 1.165) is 23.3 Å². The SMILES string of the molecule is CCC[C@H]1CC[C@H](CC[C@H]2CC[C@H](c3ccc(Cl)c(F)c3)CC2)CC1. The van der Waals surface area contributed by atoms with Crippen LogP contribution in [0.3, 0.4) is 0 Å². The second-order valence-electron chi connectivity index (χ2n) is 8.64. The van der Waals surface area contributed by atoms with Gasteiger partial charge in [-0.1, -0.05) is 76.0 Å². The van der Waals surface area contributed by atoms with Gasteiger partial charge >= 0.3 is 0 Å². The summed E-state index contributed by atoms with van der Waals surface area (Å²) in [7, 11) is 0. The fraction of sp³-hybridized carbons (Fsp3) is 0.739. The molecule has 0 radical (unpaired) electrons. The number of rotatable bonds is 6. The zero-order valence-electron chi connectivity index (χ0n) is 15.8. The predicted molar refractivity (Wildman–Crippen MR) is 106 cm³/mol. The summed E-state index contributed by atoms with van der Waals surface area (Å²) in [6, 6.07) is 5.39. The van der Waals surface area contributed by atoms with Crippen molar-refractivity contribution in [3.63, 3.8) is 0 Å². The average Bonchev–Trinajstić information content (AvgIpc) is 2.64. The summed E-state index contributed by atoms with van der Waals surface area (Å²) in [6.45, 7) is 2.32. The first kappa shape index (κ1) is 19.2. The normalized spacial score (nSPS) is 30.4. The third kappa shape index (κ3) is 5.46. The molecule has 0 saturated heterocycles. The van der Waals surface area contributed by atoms with Crippen LogP contribution in [0.4, 0.5) is 4.39 Å². The van der Waals surface area contributed by atoms with Gasteiger partial charge in [0, 0.05) is 0 Å². The Morgan fingerprint density at radius 3 is 1.88 bits per heavy atom. The van der Waals surface area contributed by atoms with E-state index in [4.69, 9.17) is 11.6 Å². The van der Waals surface area contributed by atoms with Gasteiger partial charge in [-0.2, -0.15) is 0 Å². The maximum absolute atomic E-state index is 13.7. The minimum absolute atomic E-state index is 0.242. The first-order valence-corrected chi connectivity index (χ1v) is 11.0. The van der Waals surface area contributed by atoms with Gasteiger partial charge in [-0.15, -0.1) is 0 Å². The Hall–Kier alpha value is -0.560. The molecule has 0 spiro atoms. The van der Waals surface area contributed by atoms with E-state index in [-0.39, 0.29) is 10.8 Å². The predicted octanol–water partition coefficient (Wildman–Crippen LogP) is 8.14. The van der Waals surface area contributed by atoms with Crippen LogP contribution in [0, 0.1) is 23.6 Å². The number of hydrogen-bond acceptors (Lipinski definition) is 0. The first-order chi connectivity index (χ1) is 12.2. The molecular formula is C23H34ClF. The average molecular weight is 365 g/mol. The monoisotopic (exact) mass is 364 g/mol. The Morgan fingerprint density at radius 2 is 1.36 bits per heavy atom. The van der Waals surface area contributed by atoms with Gasteiger partial charge in [-0.3, -0.25) is 0 Å². The smallest absolute Gasteiger partial charge is 0.142 e. The molecule has 0 N–H and O–H groups in total. The van der Waals surface area contributed by atoms with Crippen molar-refractivity contribution in [2.24, 2.45) is 17.8 Å². The molecule has 3 rings (SSSR count). The Labute approximate surface area is 158 Å². The van der Waals surface area contributed by atoms with Crippen molar-refractivity contribution in [1.29, 1.82) is 0 Å². The molecule has 25 heavy (non-hydrogen) atoms. The topological polar surface area (TPSA) is 0 Å². The van der Waals surface area contributed by atoms with Gasteiger partial charge in [0.2, 0.25) is 0 Å². The van der Waals surface area contributed by atoms with Gasteiger partial charge in [-0.25, -0.2) is 4.39 Å². The molecule has 140 valence electrons. The Kier molecular flexibility index (Phi) is 7.22. The van der Waals surface area contributed by atoms with Crippen LogP contribution in [0.1, 0.15) is 95.5 Å². The van der Waals surface area contributed by atoms with E-state index < -0.39 is 0 Å². The van der Waals surface area contributed by atoms with Crippen molar-refractivity contribution in [3.05, 3.63) is 34.6 Å². The quantitative estimate of drug-likeness (QED) is 0.477. The van der Waals surface area contributed by atoms with Crippen LogP contribution in [0.15, 0.2) is 18.2 Å². The summed E-state index contributed by atoms with van der Waals surface area (Å²) >= 11 is 5.81. The van der Waals surface area contributed by atoms with Gasteiger partial charge < -0.3 is 0 Å². The minimum atomic E-state index is -0.264. The molecule has 2 aliphatic carbocycles. The maximum atomic E-state index is 13.7. The van der Waals surface area contributed by atoms with Crippen molar-refractivity contribution < 1.29 is 4.39 Å². The van der Waals surface area contributed by atoms with E-state index in [1.807, 2.05) is 6.07 Å². The van der Waals surface area contributed by atoms with E-state index in [0.29, 0.717) is 5.92 Å². The van der Waals surface area contributed by atoms with Crippen LogP contribution < -0.4 is 0 Å². The zero-order valence-corrected chi connectivity index (χ0v) is 16.5. The molecule has 0 unspecified atom stereocenters. The Balaban J connectivity index is 1.37. The van der Waals surface area contributed by atoms with Crippen LogP contribution in [-0.2, 0) is 0 Å². The van der Waals surface area contributed by atoms with Crippen molar-refractivity contribution >= 4 is 11.6 Å². The summed E-state index contributed by atoms with van der Waals surface area (Å²) < 4.78 is 13.7. The highest BCUT2D eigenvalue weighted by Gasteiger charge is 2.25. The summed E-state index contributed by atoms with van der Waals surface area (Å²) in [4.78, 5) is 0. The summed E-state index contributed by atoms with van der Waals surface area (Å²) in [6.07, 6.45) is 16.7. The lowest BCUT2D eigenvalue weighted by atomic mass is 9.74. The molecule has 0 heterocycles. The molecule has 0 aromatic heterocycles. The van der Waals surface area contributed by atoms with Gasteiger partial charge in [0.25, 0.3) is 0 Å². The molecule has 1 aromatic carbocycles. The minimum Gasteiger partial charge on any atom is -0.205 e. The van der Waals surface area contributed by atoms with Gasteiger partial charge in [0.05, 0.1) is 5.02 Å². The summed E-state index contributed by atoms with van der Waals surface area (Å²) in [5.74, 6) is 3.20. The van der Waals surface area contributed by atoms with Crippen LogP contribution in [0.2, 0.25) is 5.02 Å². The molecule has 0 atom stereocenters. The van der Waals surface area contributed by atoms with E-state index >= 15 is 0 Å². The number of benzene rings is 1.